The van der Waals surface area contributed by atoms with Crippen molar-refractivity contribution in [2.24, 2.45) is 0 Å². The molecule has 0 saturated heterocycles. The number of carbonyl (C=O) groups is 1. The Kier molecular flexibility index (Phi) is 6.29. The van der Waals surface area contributed by atoms with Crippen molar-refractivity contribution in [3.63, 3.8) is 0 Å². The first-order valence-corrected chi connectivity index (χ1v) is 11.6. The van der Waals surface area contributed by atoms with E-state index in [-0.39, 0.29) is 11.0 Å². The highest BCUT2D eigenvalue weighted by Crippen LogP contribution is 2.28. The van der Waals surface area contributed by atoms with Crippen LogP contribution in [-0.2, 0) is 6.42 Å². The summed E-state index contributed by atoms with van der Waals surface area (Å²) in [6.45, 7) is 8.25. The first-order chi connectivity index (χ1) is 15.4. The summed E-state index contributed by atoms with van der Waals surface area (Å²) in [5.74, 6) is 1.02. The minimum atomic E-state index is -0.237. The van der Waals surface area contributed by atoms with Gasteiger partial charge in [0.05, 0.1) is 0 Å². The Morgan fingerprint density at radius 3 is 2.56 bits per heavy atom. The lowest BCUT2D eigenvalue weighted by atomic mass is 10.0. The topological polar surface area (TPSA) is 84.2 Å². The first-order valence-electron chi connectivity index (χ1n) is 10.4. The van der Waals surface area contributed by atoms with E-state index in [2.05, 4.69) is 39.8 Å². The predicted molar refractivity (Wildman–Crippen MR) is 132 cm³/mol. The molecule has 4 rings (SSSR count). The van der Waals surface area contributed by atoms with Crippen LogP contribution in [0.4, 0.5) is 5.69 Å². The van der Waals surface area contributed by atoms with E-state index in [1.807, 2.05) is 56.3 Å². The van der Waals surface area contributed by atoms with Gasteiger partial charge in [0, 0.05) is 23.2 Å². The number of nitrogens with one attached hydrogen (secondary N) is 2. The molecule has 0 radical (unpaired) electrons. The van der Waals surface area contributed by atoms with Crippen LogP contribution >= 0.6 is 23.6 Å². The Morgan fingerprint density at radius 1 is 1.16 bits per heavy atom. The Balaban J connectivity index is 1.44. The molecule has 1 amide bonds. The van der Waals surface area contributed by atoms with E-state index in [0.29, 0.717) is 11.5 Å². The molecule has 0 aliphatic rings. The quantitative estimate of drug-likeness (QED) is 0.406. The fraction of sp³-hybridized carbons (Fsp3) is 0.261. The second kappa shape index (κ2) is 9.13. The first kappa shape index (κ1) is 22.0. The molecular formula is C23H24N6OS2. The van der Waals surface area contributed by atoms with Crippen LogP contribution < -0.4 is 10.6 Å². The molecule has 2 N–H and O–H groups in total. The van der Waals surface area contributed by atoms with Gasteiger partial charge in [0.1, 0.15) is 5.01 Å². The maximum absolute atomic E-state index is 12.5. The molecule has 2 aromatic heterocycles. The number of aromatic nitrogens is 4. The summed E-state index contributed by atoms with van der Waals surface area (Å²) in [7, 11) is 0. The zero-order chi connectivity index (χ0) is 22.8. The van der Waals surface area contributed by atoms with E-state index in [0.717, 1.165) is 39.0 Å². The van der Waals surface area contributed by atoms with Crippen molar-refractivity contribution in [3.05, 3.63) is 65.0 Å². The number of fused-ring (bicyclic) bond motifs is 1. The lowest BCUT2D eigenvalue weighted by Crippen LogP contribution is -2.34. The van der Waals surface area contributed by atoms with Crippen LogP contribution in [-0.4, -0.2) is 30.8 Å². The molecule has 0 spiro atoms. The van der Waals surface area contributed by atoms with Crippen LogP contribution in [0.1, 0.15) is 54.0 Å². The van der Waals surface area contributed by atoms with Crippen molar-refractivity contribution < 1.29 is 4.79 Å². The molecule has 0 aliphatic carbocycles. The molecule has 0 saturated carbocycles. The molecule has 9 heteroatoms. The minimum absolute atomic E-state index is 0.237. The molecule has 0 atom stereocenters. The summed E-state index contributed by atoms with van der Waals surface area (Å²) in [4.78, 5) is 13.3. The van der Waals surface area contributed by atoms with Gasteiger partial charge in [-0.2, -0.15) is 9.61 Å². The summed E-state index contributed by atoms with van der Waals surface area (Å²) >= 11 is 6.85. The predicted octanol–water partition coefficient (Wildman–Crippen LogP) is 4.97. The largest absolute Gasteiger partial charge is 0.332 e. The monoisotopic (exact) mass is 464 g/mol. The van der Waals surface area contributed by atoms with Crippen LogP contribution in [0, 0.1) is 6.92 Å². The van der Waals surface area contributed by atoms with Crippen LogP contribution in [0.3, 0.4) is 0 Å². The van der Waals surface area contributed by atoms with E-state index >= 15 is 0 Å². The summed E-state index contributed by atoms with van der Waals surface area (Å²) in [5, 5.41) is 19.9. The van der Waals surface area contributed by atoms with Gasteiger partial charge in [-0.05, 0) is 66.5 Å². The average Bonchev–Trinajstić information content (AvgIpc) is 3.36. The molecule has 164 valence electrons. The zero-order valence-corrected chi connectivity index (χ0v) is 20.0. The fourth-order valence-electron chi connectivity index (χ4n) is 3.28. The number of aryl methyl sites for hydroxylation is 2. The summed E-state index contributed by atoms with van der Waals surface area (Å²) in [5.41, 5.74) is 4.56. The van der Waals surface area contributed by atoms with Crippen molar-refractivity contribution in [1.29, 1.82) is 0 Å². The highest BCUT2D eigenvalue weighted by Gasteiger charge is 2.14. The third kappa shape index (κ3) is 4.53. The normalized spacial score (nSPS) is 11.2. The molecule has 0 unspecified atom stereocenters. The van der Waals surface area contributed by atoms with Crippen LogP contribution in [0.25, 0.3) is 15.5 Å². The number of anilines is 1. The molecule has 2 aromatic carbocycles. The number of thiocarbonyl (C=S) groups is 1. The second-order valence-electron chi connectivity index (χ2n) is 7.79. The van der Waals surface area contributed by atoms with Gasteiger partial charge >= 0.3 is 0 Å². The summed E-state index contributed by atoms with van der Waals surface area (Å²) < 4.78 is 1.79. The smallest absolute Gasteiger partial charge is 0.257 e. The zero-order valence-electron chi connectivity index (χ0n) is 18.3. The lowest BCUT2D eigenvalue weighted by Gasteiger charge is -2.13. The van der Waals surface area contributed by atoms with Gasteiger partial charge in [-0.15, -0.1) is 10.2 Å². The number of amides is 1. The van der Waals surface area contributed by atoms with E-state index in [1.165, 1.54) is 16.9 Å². The number of hydrogen-bond donors (Lipinski definition) is 2. The molecule has 0 fully saturated rings. The van der Waals surface area contributed by atoms with E-state index in [9.17, 15) is 4.79 Å². The number of carbonyl (C=O) groups excluding carboxylic acids is 1. The highest BCUT2D eigenvalue weighted by molar-refractivity contribution is 7.80. The maximum atomic E-state index is 12.5. The summed E-state index contributed by atoms with van der Waals surface area (Å²) in [6, 6.07) is 13.5. The molecule has 32 heavy (non-hydrogen) atoms. The molecule has 4 aromatic rings. The van der Waals surface area contributed by atoms with Crippen molar-refractivity contribution in [2.45, 2.75) is 40.0 Å². The van der Waals surface area contributed by atoms with Gasteiger partial charge in [-0.1, -0.05) is 44.2 Å². The van der Waals surface area contributed by atoms with Crippen molar-refractivity contribution in [2.75, 3.05) is 5.32 Å². The van der Waals surface area contributed by atoms with Gasteiger partial charge in [0.25, 0.3) is 5.91 Å². The Labute approximate surface area is 195 Å². The number of hydrogen-bond acceptors (Lipinski definition) is 6. The number of nitrogens with zero attached hydrogens (tertiary/aromatic N) is 4. The van der Waals surface area contributed by atoms with Crippen LogP contribution in [0.15, 0.2) is 42.5 Å². The SMILES string of the molecule is CCc1nnc2sc(-c3ccc(NC(=S)NC(=O)c4ccc(C(C)C)cc4)c(C)c3)nn12. The molecule has 0 bridgehead atoms. The Bertz CT molecular complexity index is 1290. The van der Waals surface area contributed by atoms with E-state index in [4.69, 9.17) is 12.2 Å². The molecular weight excluding hydrogens is 440 g/mol. The van der Waals surface area contributed by atoms with Gasteiger partial charge in [0.2, 0.25) is 4.96 Å². The molecule has 2 heterocycles. The van der Waals surface area contributed by atoms with Gasteiger partial charge < -0.3 is 5.32 Å². The highest BCUT2D eigenvalue weighted by atomic mass is 32.1. The van der Waals surface area contributed by atoms with E-state index < -0.39 is 0 Å². The minimum Gasteiger partial charge on any atom is -0.332 e. The lowest BCUT2D eigenvalue weighted by molar-refractivity contribution is 0.0977. The summed E-state index contributed by atoms with van der Waals surface area (Å²) in [6.07, 6.45) is 0.775. The van der Waals surface area contributed by atoms with Gasteiger partial charge in [-0.25, -0.2) is 0 Å². The third-order valence-electron chi connectivity index (χ3n) is 5.16. The number of benzene rings is 2. The average molecular weight is 465 g/mol. The number of rotatable bonds is 5. The van der Waals surface area contributed by atoms with Crippen molar-refractivity contribution in [1.82, 2.24) is 25.1 Å². The maximum Gasteiger partial charge on any atom is 0.257 e. The van der Waals surface area contributed by atoms with E-state index in [1.54, 1.807) is 4.52 Å². The Morgan fingerprint density at radius 2 is 1.91 bits per heavy atom. The van der Waals surface area contributed by atoms with Gasteiger partial charge in [0.15, 0.2) is 10.9 Å². The van der Waals surface area contributed by atoms with Crippen molar-refractivity contribution in [3.8, 4) is 10.6 Å². The van der Waals surface area contributed by atoms with Crippen LogP contribution in [0.2, 0.25) is 0 Å². The van der Waals surface area contributed by atoms with Gasteiger partial charge in [-0.3, -0.25) is 10.1 Å². The van der Waals surface area contributed by atoms with Crippen LogP contribution in [0.5, 0.6) is 0 Å². The molecule has 7 nitrogen and oxygen atoms in total. The third-order valence-corrected chi connectivity index (χ3v) is 6.31. The fourth-order valence-corrected chi connectivity index (χ4v) is 4.34. The standard InChI is InChI=1S/C23H24N6OS2/c1-5-19-26-27-23-29(19)28-21(32-23)17-10-11-18(14(4)12-17)24-22(31)25-20(30)16-8-6-15(7-9-16)13(2)3/h6-13H,5H2,1-4H3,(H2,24,25,30,31). The molecule has 0 aliphatic heterocycles. The second-order valence-corrected chi connectivity index (χ2v) is 9.15. The Hall–Kier alpha value is -3.17. The van der Waals surface area contributed by atoms with Crippen molar-refractivity contribution >= 4 is 45.2 Å².